The third kappa shape index (κ3) is 3.12. The van der Waals surface area contributed by atoms with E-state index in [0.29, 0.717) is 0 Å². The van der Waals surface area contributed by atoms with Gasteiger partial charge in [-0.25, -0.2) is 5.14 Å². The van der Waals surface area contributed by atoms with E-state index < -0.39 is 27.7 Å². The molecule has 0 unspecified atom stereocenters. The van der Waals surface area contributed by atoms with Crippen LogP contribution in [0.15, 0.2) is 16.5 Å². The molecule has 2 N–H and O–H groups in total. The Kier molecular flexibility index (Phi) is 2.84. The Labute approximate surface area is 78.7 Å². The average Bonchev–Trinajstić information content (AvgIpc) is 2.47. The summed E-state index contributed by atoms with van der Waals surface area (Å²) in [6, 6.07) is 2.31. The lowest BCUT2D eigenvalue weighted by Gasteiger charge is -1.95. The molecule has 0 amide bonds. The molecule has 0 fully saturated rings. The zero-order chi connectivity index (χ0) is 10.8. The van der Waals surface area contributed by atoms with Crippen molar-refractivity contribution in [3.05, 3.63) is 28.0 Å². The minimum atomic E-state index is -4.06. The largest absolute Gasteiger partial charge is 0.433 e. The lowest BCUT2D eigenvalue weighted by atomic mass is 10.5. The first-order chi connectivity index (χ1) is 6.38. The van der Waals surface area contributed by atoms with Gasteiger partial charge in [0.15, 0.2) is 0 Å². The van der Waals surface area contributed by atoms with E-state index in [1.807, 2.05) is 0 Å². The summed E-state index contributed by atoms with van der Waals surface area (Å²) in [4.78, 5) is 9.39. The highest BCUT2D eigenvalue weighted by Gasteiger charge is 2.13. The molecule has 0 atom stereocenters. The molecule has 0 aliphatic carbocycles. The van der Waals surface area contributed by atoms with Gasteiger partial charge in [0.1, 0.15) is 17.3 Å². The third-order valence-corrected chi connectivity index (χ3v) is 1.64. The van der Waals surface area contributed by atoms with Crippen LogP contribution in [0.3, 0.4) is 0 Å². The summed E-state index contributed by atoms with van der Waals surface area (Å²) in [5, 5.41) is 14.7. The maximum Gasteiger partial charge on any atom is 0.433 e. The Morgan fingerprint density at radius 3 is 2.64 bits per heavy atom. The van der Waals surface area contributed by atoms with Crippen LogP contribution in [0.5, 0.6) is 0 Å². The van der Waals surface area contributed by atoms with E-state index in [0.717, 1.165) is 6.07 Å². The highest BCUT2D eigenvalue weighted by Crippen LogP contribution is 2.16. The maximum absolute atomic E-state index is 10.3. The van der Waals surface area contributed by atoms with E-state index in [1.54, 1.807) is 0 Å². The van der Waals surface area contributed by atoms with Crippen LogP contribution in [-0.4, -0.2) is 13.3 Å². The topological polar surface area (TPSA) is 126 Å². The number of nitro groups is 1. The number of nitrogens with zero attached hydrogens (tertiary/aromatic N) is 1. The van der Waals surface area contributed by atoms with E-state index in [1.165, 1.54) is 6.07 Å². The van der Waals surface area contributed by atoms with Crippen LogP contribution in [0.1, 0.15) is 5.76 Å². The highest BCUT2D eigenvalue weighted by atomic mass is 32.2. The summed E-state index contributed by atoms with van der Waals surface area (Å²) in [6.07, 6.45) is 0. The predicted octanol–water partition coefficient (Wildman–Crippen LogP) is -0.0921. The molecule has 1 aromatic heterocycles. The van der Waals surface area contributed by atoms with Gasteiger partial charge in [0.2, 0.25) is 0 Å². The van der Waals surface area contributed by atoms with Gasteiger partial charge in [0.05, 0.1) is 6.07 Å². The van der Waals surface area contributed by atoms with Gasteiger partial charge in [-0.3, -0.25) is 14.3 Å². The van der Waals surface area contributed by atoms with Crippen molar-refractivity contribution in [3.63, 3.8) is 0 Å². The molecule has 0 spiro atoms. The van der Waals surface area contributed by atoms with Crippen LogP contribution in [0.2, 0.25) is 0 Å². The molecule has 1 rings (SSSR count). The van der Waals surface area contributed by atoms with E-state index in [4.69, 9.17) is 0 Å². The second-order valence-corrected chi connectivity index (χ2v) is 3.47. The van der Waals surface area contributed by atoms with Gasteiger partial charge in [0.25, 0.3) is 0 Å². The third-order valence-electron chi connectivity index (χ3n) is 1.19. The second kappa shape index (κ2) is 3.74. The summed E-state index contributed by atoms with van der Waals surface area (Å²) >= 11 is 0. The normalized spacial score (nSPS) is 11.5. The van der Waals surface area contributed by atoms with E-state index in [2.05, 4.69) is 13.7 Å². The van der Waals surface area contributed by atoms with Gasteiger partial charge < -0.3 is 4.42 Å². The number of nitrogens with two attached hydrogens (primary N) is 1. The van der Waals surface area contributed by atoms with Crippen molar-refractivity contribution in [1.82, 2.24) is 0 Å². The molecule has 1 aromatic rings. The monoisotopic (exact) mass is 222 g/mol. The molecule has 0 aliphatic rings. The zero-order valence-corrected chi connectivity index (χ0v) is 7.56. The Balaban J connectivity index is 2.65. The number of hydrogen-bond acceptors (Lipinski definition) is 6. The molecule has 0 saturated heterocycles. The van der Waals surface area contributed by atoms with Crippen molar-refractivity contribution in [2.24, 2.45) is 5.14 Å². The average molecular weight is 222 g/mol. The molecule has 9 heteroatoms. The first-order valence-corrected chi connectivity index (χ1v) is 4.76. The van der Waals surface area contributed by atoms with Gasteiger partial charge >= 0.3 is 16.2 Å². The van der Waals surface area contributed by atoms with Crippen molar-refractivity contribution in [2.45, 2.75) is 6.61 Å². The standard InChI is InChI=1S/C5H6N2O6S/c6-14(10,11)12-3-4-1-2-5(13-4)7(8)9/h1-2H,3H2,(H2,6,10,11). The number of furan rings is 1. The molecule has 0 bridgehead atoms. The molecule has 0 saturated carbocycles. The Bertz CT molecular complexity index is 435. The second-order valence-electron chi connectivity index (χ2n) is 2.25. The summed E-state index contributed by atoms with van der Waals surface area (Å²) in [6.45, 7) is -0.466. The fraction of sp³-hybridized carbons (Fsp3) is 0.200. The van der Waals surface area contributed by atoms with Crippen LogP contribution in [-0.2, 0) is 21.1 Å². The number of hydrogen-bond donors (Lipinski definition) is 1. The minimum Gasteiger partial charge on any atom is -0.403 e. The summed E-state index contributed by atoms with van der Waals surface area (Å²) in [7, 11) is -4.06. The van der Waals surface area contributed by atoms with Crippen LogP contribution in [0, 0.1) is 10.1 Å². The molecule has 0 aromatic carbocycles. The van der Waals surface area contributed by atoms with Gasteiger partial charge in [-0.2, -0.15) is 8.42 Å². The first-order valence-electron chi connectivity index (χ1n) is 3.29. The quantitative estimate of drug-likeness (QED) is 0.560. The van der Waals surface area contributed by atoms with Gasteiger partial charge in [-0.1, -0.05) is 0 Å². The van der Waals surface area contributed by atoms with Crippen LogP contribution < -0.4 is 5.14 Å². The fourth-order valence-electron chi connectivity index (χ4n) is 0.683. The molecule has 0 aliphatic heterocycles. The molecule has 0 radical (unpaired) electrons. The first kappa shape index (κ1) is 10.6. The minimum absolute atomic E-state index is 0.00530. The Morgan fingerprint density at radius 1 is 1.57 bits per heavy atom. The molecular formula is C5H6N2O6S. The lowest BCUT2D eigenvalue weighted by Crippen LogP contribution is -2.15. The van der Waals surface area contributed by atoms with Crippen molar-refractivity contribution < 1.29 is 21.9 Å². The van der Waals surface area contributed by atoms with Crippen molar-refractivity contribution >= 4 is 16.2 Å². The van der Waals surface area contributed by atoms with Gasteiger partial charge in [0, 0.05) is 0 Å². The summed E-state index contributed by atoms with van der Waals surface area (Å²) in [5.74, 6) is -0.483. The molecular weight excluding hydrogens is 216 g/mol. The molecule has 78 valence electrons. The van der Waals surface area contributed by atoms with Crippen molar-refractivity contribution in [2.75, 3.05) is 0 Å². The smallest absolute Gasteiger partial charge is 0.403 e. The number of rotatable bonds is 4. The van der Waals surface area contributed by atoms with Crippen LogP contribution >= 0.6 is 0 Å². The van der Waals surface area contributed by atoms with Gasteiger partial charge in [-0.05, 0) is 6.07 Å². The maximum atomic E-state index is 10.3. The summed E-state index contributed by atoms with van der Waals surface area (Å²) < 4.78 is 29.4. The van der Waals surface area contributed by atoms with Crippen molar-refractivity contribution in [1.29, 1.82) is 0 Å². The Morgan fingerprint density at radius 2 is 2.21 bits per heavy atom. The van der Waals surface area contributed by atoms with Gasteiger partial charge in [-0.15, -0.1) is 0 Å². The van der Waals surface area contributed by atoms with Crippen LogP contribution in [0.4, 0.5) is 5.88 Å². The molecule has 14 heavy (non-hydrogen) atoms. The lowest BCUT2D eigenvalue weighted by molar-refractivity contribution is -0.402. The molecule has 8 nitrogen and oxygen atoms in total. The molecule has 1 heterocycles. The SMILES string of the molecule is NS(=O)(=O)OCc1ccc([N+](=O)[O-])o1. The fourth-order valence-corrected chi connectivity index (χ4v) is 0.963. The highest BCUT2D eigenvalue weighted by molar-refractivity contribution is 7.84. The van der Waals surface area contributed by atoms with E-state index >= 15 is 0 Å². The zero-order valence-electron chi connectivity index (χ0n) is 6.74. The Hall–Kier alpha value is -1.45. The van der Waals surface area contributed by atoms with Crippen molar-refractivity contribution in [3.8, 4) is 0 Å². The predicted molar refractivity (Wildman–Crippen MR) is 43.3 cm³/mol. The summed E-state index contributed by atoms with van der Waals surface area (Å²) in [5.41, 5.74) is 0. The van der Waals surface area contributed by atoms with E-state index in [-0.39, 0.29) is 5.76 Å². The van der Waals surface area contributed by atoms with Crippen LogP contribution in [0.25, 0.3) is 0 Å². The van der Waals surface area contributed by atoms with E-state index in [9.17, 15) is 18.5 Å².